The zero-order valence-electron chi connectivity index (χ0n) is 16.6. The third-order valence-electron chi connectivity index (χ3n) is 4.26. The molecule has 0 radical (unpaired) electrons. The van der Waals surface area contributed by atoms with Crippen LogP contribution in [0.2, 0.25) is 5.02 Å². The minimum Gasteiger partial charge on any atom is -0.456 e. The number of amides is 1. The number of nitrogens with one attached hydrogen (secondary N) is 1. The molecule has 0 aliphatic carbocycles. The van der Waals surface area contributed by atoms with Gasteiger partial charge in [-0.25, -0.2) is 14.5 Å². The van der Waals surface area contributed by atoms with E-state index in [1.807, 2.05) is 12.1 Å². The van der Waals surface area contributed by atoms with Crippen LogP contribution in [0.1, 0.15) is 10.4 Å². The second-order valence-electron chi connectivity index (χ2n) is 6.54. The van der Waals surface area contributed by atoms with Crippen molar-refractivity contribution in [3.05, 3.63) is 95.9 Å². The van der Waals surface area contributed by atoms with E-state index in [4.69, 9.17) is 21.1 Å². The summed E-state index contributed by atoms with van der Waals surface area (Å²) in [7, 11) is 0. The number of hydrogen-bond acceptors (Lipinski definition) is 6. The minimum absolute atomic E-state index is 0.231. The summed E-state index contributed by atoms with van der Waals surface area (Å²) in [4.78, 5) is 28.4. The number of anilines is 1. The van der Waals surface area contributed by atoms with Crippen molar-refractivity contribution < 1.29 is 19.1 Å². The molecule has 1 N–H and O–H groups in total. The molecule has 8 nitrogen and oxygen atoms in total. The van der Waals surface area contributed by atoms with Crippen LogP contribution in [0.3, 0.4) is 0 Å². The molecule has 32 heavy (non-hydrogen) atoms. The molecule has 0 aliphatic heterocycles. The van der Waals surface area contributed by atoms with E-state index in [0.717, 1.165) is 0 Å². The van der Waals surface area contributed by atoms with E-state index in [1.54, 1.807) is 71.7 Å². The Morgan fingerprint density at radius 3 is 2.50 bits per heavy atom. The molecule has 0 saturated heterocycles. The molecule has 0 fully saturated rings. The molecule has 0 atom stereocenters. The van der Waals surface area contributed by atoms with E-state index in [2.05, 4.69) is 15.4 Å². The Morgan fingerprint density at radius 1 is 1.00 bits per heavy atom. The number of carbonyl (C=O) groups excluding carboxylic acids is 2. The fourth-order valence-electron chi connectivity index (χ4n) is 2.72. The van der Waals surface area contributed by atoms with Crippen LogP contribution in [0.25, 0.3) is 5.82 Å². The Kier molecular flexibility index (Phi) is 6.43. The second-order valence-corrected chi connectivity index (χ2v) is 6.94. The van der Waals surface area contributed by atoms with Crippen molar-refractivity contribution in [2.75, 3.05) is 11.9 Å². The Bertz CT molecular complexity index is 1210. The summed E-state index contributed by atoms with van der Waals surface area (Å²) in [5, 5.41) is 7.21. The van der Waals surface area contributed by atoms with Crippen LogP contribution < -0.4 is 10.1 Å². The van der Waals surface area contributed by atoms with Gasteiger partial charge >= 0.3 is 5.97 Å². The van der Waals surface area contributed by atoms with Crippen molar-refractivity contribution in [2.45, 2.75) is 0 Å². The molecule has 2 aromatic carbocycles. The first-order valence-electron chi connectivity index (χ1n) is 9.54. The third-order valence-corrected chi connectivity index (χ3v) is 4.57. The van der Waals surface area contributed by atoms with E-state index in [1.165, 1.54) is 6.20 Å². The maximum Gasteiger partial charge on any atom is 0.340 e. The summed E-state index contributed by atoms with van der Waals surface area (Å²) in [6.45, 7) is -0.433. The normalized spacial score (nSPS) is 10.4. The van der Waals surface area contributed by atoms with Gasteiger partial charge in [0, 0.05) is 24.3 Å². The number of ether oxygens (including phenoxy) is 2. The quantitative estimate of drug-likeness (QED) is 0.418. The number of carbonyl (C=O) groups is 2. The number of hydrogen-bond donors (Lipinski definition) is 1. The first kappa shape index (κ1) is 21.1. The zero-order chi connectivity index (χ0) is 22.3. The highest BCUT2D eigenvalue weighted by Gasteiger charge is 2.12. The van der Waals surface area contributed by atoms with Gasteiger partial charge in [0.1, 0.15) is 11.5 Å². The topological polar surface area (TPSA) is 95.3 Å². The van der Waals surface area contributed by atoms with Gasteiger partial charge in [0.25, 0.3) is 5.91 Å². The summed E-state index contributed by atoms with van der Waals surface area (Å²) >= 11 is 6.08. The van der Waals surface area contributed by atoms with Crippen LogP contribution in [0, 0.1) is 0 Å². The Morgan fingerprint density at radius 2 is 1.81 bits per heavy atom. The summed E-state index contributed by atoms with van der Waals surface area (Å²) < 4.78 is 12.3. The molecular weight excluding hydrogens is 432 g/mol. The van der Waals surface area contributed by atoms with E-state index in [9.17, 15) is 9.59 Å². The van der Waals surface area contributed by atoms with Crippen molar-refractivity contribution >= 4 is 29.2 Å². The van der Waals surface area contributed by atoms with Crippen LogP contribution in [0.5, 0.6) is 11.5 Å². The maximum atomic E-state index is 12.2. The molecule has 0 spiro atoms. The highest BCUT2D eigenvalue weighted by atomic mass is 35.5. The zero-order valence-corrected chi connectivity index (χ0v) is 17.4. The maximum absolute atomic E-state index is 12.2. The van der Waals surface area contributed by atoms with E-state index < -0.39 is 18.5 Å². The number of rotatable bonds is 7. The number of benzene rings is 2. The Balaban J connectivity index is 1.27. The summed E-state index contributed by atoms with van der Waals surface area (Å²) in [6, 6.07) is 18.8. The molecule has 0 aliphatic rings. The molecular formula is C23H17ClN4O4. The van der Waals surface area contributed by atoms with Crippen LogP contribution in [0.4, 0.5) is 5.69 Å². The van der Waals surface area contributed by atoms with E-state index in [-0.39, 0.29) is 5.56 Å². The predicted octanol–water partition coefficient (Wildman–Crippen LogP) is 4.51. The number of para-hydroxylation sites is 1. The van der Waals surface area contributed by atoms with Crippen molar-refractivity contribution in [1.29, 1.82) is 0 Å². The molecule has 2 heterocycles. The van der Waals surface area contributed by atoms with Gasteiger partial charge in [-0.15, -0.1) is 0 Å². The van der Waals surface area contributed by atoms with Gasteiger partial charge in [-0.05, 0) is 54.6 Å². The summed E-state index contributed by atoms with van der Waals surface area (Å²) in [5.41, 5.74) is 0.762. The highest BCUT2D eigenvalue weighted by Crippen LogP contribution is 2.29. The lowest BCUT2D eigenvalue weighted by atomic mass is 10.3. The number of esters is 1. The first-order chi connectivity index (χ1) is 15.6. The lowest BCUT2D eigenvalue weighted by Gasteiger charge is -2.09. The number of pyridine rings is 1. The SMILES string of the molecule is O=C(COC(=O)c1ccc(-n2cccn2)nc1)Nc1ccc(Oc2ccccc2Cl)cc1. The van der Waals surface area contributed by atoms with Gasteiger partial charge in [-0.1, -0.05) is 23.7 Å². The predicted molar refractivity (Wildman–Crippen MR) is 118 cm³/mol. The molecule has 0 unspecified atom stereocenters. The van der Waals surface area contributed by atoms with E-state index in [0.29, 0.717) is 28.0 Å². The van der Waals surface area contributed by atoms with Gasteiger partial charge in [-0.2, -0.15) is 5.10 Å². The summed E-state index contributed by atoms with van der Waals surface area (Å²) in [6.07, 6.45) is 4.73. The number of nitrogens with zero attached hydrogens (tertiary/aromatic N) is 3. The van der Waals surface area contributed by atoms with Gasteiger partial charge in [0.15, 0.2) is 12.4 Å². The number of aromatic nitrogens is 3. The smallest absolute Gasteiger partial charge is 0.340 e. The van der Waals surface area contributed by atoms with Gasteiger partial charge in [0.05, 0.1) is 10.6 Å². The van der Waals surface area contributed by atoms with Crippen molar-refractivity contribution in [3.8, 4) is 17.3 Å². The van der Waals surface area contributed by atoms with Crippen LogP contribution in [-0.4, -0.2) is 33.2 Å². The first-order valence-corrected chi connectivity index (χ1v) is 9.92. The standard InChI is InChI=1S/C23H17ClN4O4/c24-19-4-1-2-5-20(19)32-18-9-7-17(8-10-18)27-22(29)15-31-23(30)16-6-11-21(25-14-16)28-13-3-12-26-28/h1-14H,15H2,(H,27,29). The van der Waals surface area contributed by atoms with Gasteiger partial charge < -0.3 is 14.8 Å². The van der Waals surface area contributed by atoms with Gasteiger partial charge in [0.2, 0.25) is 0 Å². The average Bonchev–Trinajstić information content (AvgIpc) is 3.35. The van der Waals surface area contributed by atoms with Crippen molar-refractivity contribution in [3.63, 3.8) is 0 Å². The molecule has 0 saturated carbocycles. The molecule has 0 bridgehead atoms. The number of halogens is 1. The Labute approximate surface area is 188 Å². The van der Waals surface area contributed by atoms with Gasteiger partial charge in [-0.3, -0.25) is 4.79 Å². The molecule has 160 valence electrons. The van der Waals surface area contributed by atoms with Crippen LogP contribution >= 0.6 is 11.6 Å². The second kappa shape index (κ2) is 9.76. The van der Waals surface area contributed by atoms with E-state index >= 15 is 0 Å². The highest BCUT2D eigenvalue weighted by molar-refractivity contribution is 6.32. The Hall–Kier alpha value is -4.17. The van der Waals surface area contributed by atoms with Crippen LogP contribution in [0.15, 0.2) is 85.3 Å². The molecule has 9 heteroatoms. The molecule has 4 rings (SSSR count). The third kappa shape index (κ3) is 5.30. The monoisotopic (exact) mass is 448 g/mol. The largest absolute Gasteiger partial charge is 0.456 e. The minimum atomic E-state index is -0.650. The molecule has 1 amide bonds. The summed E-state index contributed by atoms with van der Waals surface area (Å²) in [5.74, 6) is 0.534. The molecule has 4 aromatic rings. The lowest BCUT2D eigenvalue weighted by molar-refractivity contribution is -0.119. The van der Waals surface area contributed by atoms with Crippen molar-refractivity contribution in [1.82, 2.24) is 14.8 Å². The fraction of sp³-hybridized carbons (Fsp3) is 0.0435. The molecule has 2 aromatic heterocycles. The fourth-order valence-corrected chi connectivity index (χ4v) is 2.89. The van der Waals surface area contributed by atoms with Crippen LogP contribution in [-0.2, 0) is 9.53 Å². The average molecular weight is 449 g/mol. The lowest BCUT2D eigenvalue weighted by Crippen LogP contribution is -2.21. The van der Waals surface area contributed by atoms with Crippen molar-refractivity contribution in [2.24, 2.45) is 0 Å².